The van der Waals surface area contributed by atoms with Gasteiger partial charge in [-0.05, 0) is 84.5 Å². The molecule has 0 N–H and O–H groups in total. The normalized spacial score (nSPS) is 17.0. The molecule has 0 bridgehead atoms. The Balaban J connectivity index is 1.49. The highest BCUT2D eigenvalue weighted by molar-refractivity contribution is 6.21. The summed E-state index contributed by atoms with van der Waals surface area (Å²) in [6, 6.07) is 58.3. The molecule has 1 aliphatic carbocycles. The van der Waals surface area contributed by atoms with Crippen molar-refractivity contribution < 1.29 is 0 Å². The third-order valence-electron chi connectivity index (χ3n) is 9.89. The zero-order chi connectivity index (χ0) is 30.9. The minimum absolute atomic E-state index is 0.257. The van der Waals surface area contributed by atoms with E-state index in [9.17, 15) is 0 Å². The molecule has 0 saturated heterocycles. The molecule has 0 heteroatoms. The maximum absolute atomic E-state index is 2.52. The summed E-state index contributed by atoms with van der Waals surface area (Å²) in [5, 5.41) is 5.12. The van der Waals surface area contributed by atoms with Gasteiger partial charge in [0.15, 0.2) is 0 Å². The maximum atomic E-state index is 2.52. The van der Waals surface area contributed by atoms with Gasteiger partial charge >= 0.3 is 0 Å². The van der Waals surface area contributed by atoms with Crippen LogP contribution in [-0.4, -0.2) is 0 Å². The molecule has 1 atom stereocenters. The van der Waals surface area contributed by atoms with Crippen molar-refractivity contribution in [2.45, 2.75) is 24.7 Å². The molecule has 7 aromatic rings. The number of rotatable bonds is 4. The lowest BCUT2D eigenvalue weighted by atomic mass is 9.64. The van der Waals surface area contributed by atoms with Crippen LogP contribution in [0.5, 0.6) is 0 Å². The second-order valence-corrected chi connectivity index (χ2v) is 12.5. The summed E-state index contributed by atoms with van der Waals surface area (Å²) in [5.74, 6) is 0.257. The lowest BCUT2D eigenvalue weighted by Crippen LogP contribution is -2.30. The standard InChI is InChI=1S/C46H36/c1-33-18-6-5-17-31-46(36-21-9-3-10-22-36,37-23-11-4-12-24-37)43-32-35(29-30-38(33)43)45-41-27-15-13-25-39(41)44(34-19-7-2-8-20-34)40-26-14-16-28-42(40)45/h2-30,32-33H,31H2,1H3/b17-5-,18-6-. The Hall–Kier alpha value is -5.46. The van der Waals surface area contributed by atoms with E-state index in [0.29, 0.717) is 0 Å². The molecule has 0 radical (unpaired) electrons. The number of benzene rings is 7. The summed E-state index contributed by atoms with van der Waals surface area (Å²) >= 11 is 0. The fraction of sp³-hybridized carbons (Fsp3) is 0.0870. The van der Waals surface area contributed by atoms with Crippen LogP contribution in [0, 0.1) is 0 Å². The van der Waals surface area contributed by atoms with E-state index in [1.54, 1.807) is 0 Å². The van der Waals surface area contributed by atoms with Gasteiger partial charge in [-0.3, -0.25) is 0 Å². The lowest BCUT2D eigenvalue weighted by molar-refractivity contribution is 0.617. The smallest absolute Gasteiger partial charge is 0.0488 e. The third-order valence-corrected chi connectivity index (χ3v) is 9.89. The molecule has 0 amide bonds. The predicted molar refractivity (Wildman–Crippen MR) is 196 cm³/mol. The second-order valence-electron chi connectivity index (χ2n) is 12.5. The van der Waals surface area contributed by atoms with Gasteiger partial charge < -0.3 is 0 Å². The van der Waals surface area contributed by atoms with Gasteiger partial charge in [-0.2, -0.15) is 0 Å². The Morgan fingerprint density at radius 1 is 0.478 bits per heavy atom. The van der Waals surface area contributed by atoms with Gasteiger partial charge in [-0.1, -0.05) is 183 Å². The van der Waals surface area contributed by atoms with Crippen LogP contribution in [0.3, 0.4) is 0 Å². The van der Waals surface area contributed by atoms with E-state index in [2.05, 4.69) is 189 Å². The minimum atomic E-state index is -0.361. The van der Waals surface area contributed by atoms with E-state index >= 15 is 0 Å². The highest BCUT2D eigenvalue weighted by Crippen LogP contribution is 2.49. The van der Waals surface area contributed by atoms with Crippen molar-refractivity contribution in [2.24, 2.45) is 0 Å². The van der Waals surface area contributed by atoms with Gasteiger partial charge in [0, 0.05) is 5.41 Å². The molecular formula is C46H36. The van der Waals surface area contributed by atoms with E-state index in [1.165, 1.54) is 66.1 Å². The minimum Gasteiger partial charge on any atom is -0.0830 e. The average Bonchev–Trinajstić information content (AvgIpc) is 3.19. The predicted octanol–water partition coefficient (Wildman–Crippen LogP) is 12.3. The van der Waals surface area contributed by atoms with Crippen molar-refractivity contribution in [3.63, 3.8) is 0 Å². The fourth-order valence-electron chi connectivity index (χ4n) is 7.76. The first-order valence-corrected chi connectivity index (χ1v) is 16.3. The van der Waals surface area contributed by atoms with Crippen molar-refractivity contribution in [1.82, 2.24) is 0 Å². The largest absolute Gasteiger partial charge is 0.0830 e. The summed E-state index contributed by atoms with van der Waals surface area (Å²) in [6.45, 7) is 2.33. The molecule has 1 aliphatic rings. The first-order chi connectivity index (χ1) is 22.8. The molecule has 0 heterocycles. The van der Waals surface area contributed by atoms with Crippen LogP contribution < -0.4 is 0 Å². The maximum Gasteiger partial charge on any atom is 0.0488 e. The first kappa shape index (κ1) is 28.0. The Morgan fingerprint density at radius 2 is 0.957 bits per heavy atom. The molecule has 8 rings (SSSR count). The van der Waals surface area contributed by atoms with Crippen LogP contribution in [0.2, 0.25) is 0 Å². The molecule has 0 aromatic heterocycles. The van der Waals surface area contributed by atoms with Crippen LogP contribution >= 0.6 is 0 Å². The van der Waals surface area contributed by atoms with Crippen molar-refractivity contribution >= 4 is 21.5 Å². The Labute approximate surface area is 272 Å². The van der Waals surface area contributed by atoms with Gasteiger partial charge in [0.2, 0.25) is 0 Å². The summed E-state index contributed by atoms with van der Waals surface area (Å²) in [7, 11) is 0. The zero-order valence-electron chi connectivity index (χ0n) is 26.1. The quantitative estimate of drug-likeness (QED) is 0.179. The molecule has 0 spiro atoms. The Bertz CT molecular complexity index is 2120. The van der Waals surface area contributed by atoms with E-state index in [1.807, 2.05) is 0 Å². The summed E-state index contributed by atoms with van der Waals surface area (Å²) < 4.78 is 0. The van der Waals surface area contributed by atoms with Crippen LogP contribution in [0.25, 0.3) is 43.8 Å². The molecular weight excluding hydrogens is 553 g/mol. The fourth-order valence-corrected chi connectivity index (χ4v) is 7.76. The molecule has 0 nitrogen and oxygen atoms in total. The lowest BCUT2D eigenvalue weighted by Gasteiger charge is -2.38. The summed E-state index contributed by atoms with van der Waals surface area (Å²) in [4.78, 5) is 0. The Kier molecular flexibility index (Phi) is 7.20. The molecule has 220 valence electrons. The van der Waals surface area contributed by atoms with Gasteiger partial charge in [0.1, 0.15) is 0 Å². The molecule has 0 aliphatic heterocycles. The summed E-state index contributed by atoms with van der Waals surface area (Å²) in [6.07, 6.45) is 10.00. The summed E-state index contributed by atoms with van der Waals surface area (Å²) in [5.41, 5.74) is 10.1. The van der Waals surface area contributed by atoms with Crippen LogP contribution in [-0.2, 0) is 5.41 Å². The van der Waals surface area contributed by atoms with Crippen molar-refractivity contribution in [3.8, 4) is 22.3 Å². The number of hydrogen-bond acceptors (Lipinski definition) is 0. The SMILES string of the molecule is CC1/C=C\C=C/CC(c2ccccc2)(c2ccccc2)c2cc(-c3c4ccccc4c(-c4ccccc4)c4ccccc34)ccc21. The Morgan fingerprint density at radius 3 is 1.50 bits per heavy atom. The molecule has 46 heavy (non-hydrogen) atoms. The highest BCUT2D eigenvalue weighted by Gasteiger charge is 2.38. The number of hydrogen-bond donors (Lipinski definition) is 0. The topological polar surface area (TPSA) is 0 Å². The van der Waals surface area contributed by atoms with E-state index in [4.69, 9.17) is 0 Å². The molecule has 7 aromatic carbocycles. The van der Waals surface area contributed by atoms with Gasteiger partial charge in [-0.15, -0.1) is 0 Å². The second kappa shape index (κ2) is 11.8. The van der Waals surface area contributed by atoms with Gasteiger partial charge in [-0.25, -0.2) is 0 Å². The van der Waals surface area contributed by atoms with Crippen LogP contribution in [0.4, 0.5) is 0 Å². The monoisotopic (exact) mass is 588 g/mol. The number of fused-ring (bicyclic) bond motifs is 3. The van der Waals surface area contributed by atoms with Crippen molar-refractivity contribution in [2.75, 3.05) is 0 Å². The van der Waals surface area contributed by atoms with E-state index < -0.39 is 0 Å². The first-order valence-electron chi connectivity index (χ1n) is 16.3. The van der Waals surface area contributed by atoms with Crippen molar-refractivity contribution in [1.29, 1.82) is 0 Å². The average molecular weight is 589 g/mol. The van der Waals surface area contributed by atoms with Crippen LogP contribution in [0.1, 0.15) is 41.5 Å². The van der Waals surface area contributed by atoms with E-state index in [-0.39, 0.29) is 11.3 Å². The number of allylic oxidation sites excluding steroid dienone is 4. The van der Waals surface area contributed by atoms with E-state index in [0.717, 1.165) is 6.42 Å². The molecule has 1 unspecified atom stereocenters. The van der Waals surface area contributed by atoms with Gasteiger partial charge in [0.25, 0.3) is 0 Å². The van der Waals surface area contributed by atoms with Crippen molar-refractivity contribution in [3.05, 3.63) is 204 Å². The van der Waals surface area contributed by atoms with Crippen LogP contribution in [0.15, 0.2) is 182 Å². The van der Waals surface area contributed by atoms with Gasteiger partial charge in [0.05, 0.1) is 0 Å². The highest BCUT2D eigenvalue weighted by atomic mass is 14.4. The zero-order valence-corrected chi connectivity index (χ0v) is 26.1. The molecule has 0 fully saturated rings. The molecule has 0 saturated carbocycles. The third kappa shape index (κ3) is 4.61.